The van der Waals surface area contributed by atoms with E-state index in [0.717, 1.165) is 12.1 Å². The van der Waals surface area contributed by atoms with Gasteiger partial charge in [-0.1, -0.05) is 11.6 Å². The summed E-state index contributed by atoms with van der Waals surface area (Å²) >= 11 is 0. The predicted molar refractivity (Wildman–Crippen MR) is 76.3 cm³/mol. The van der Waals surface area contributed by atoms with Crippen molar-refractivity contribution in [2.45, 2.75) is 32.9 Å². The number of amides is 1. The molecule has 106 valence electrons. The number of aryl methyl sites for hydroxylation is 1. The van der Waals surface area contributed by atoms with Crippen molar-refractivity contribution in [3.05, 3.63) is 35.1 Å². The number of carbonyl (C=O) groups is 1. The Hall–Kier alpha value is -1.13. The van der Waals surface area contributed by atoms with Gasteiger partial charge in [0.2, 0.25) is 0 Å². The van der Waals surface area contributed by atoms with Crippen LogP contribution in [0.4, 0.5) is 4.39 Å². The number of hydrogen-bond acceptors (Lipinski definition) is 2. The van der Waals surface area contributed by atoms with E-state index in [1.165, 1.54) is 6.07 Å². The van der Waals surface area contributed by atoms with Gasteiger partial charge in [-0.15, -0.1) is 12.4 Å². The molecule has 1 aliphatic heterocycles. The minimum atomic E-state index is -0.441. The molecule has 19 heavy (non-hydrogen) atoms. The van der Waals surface area contributed by atoms with Crippen LogP contribution in [0, 0.1) is 12.7 Å². The van der Waals surface area contributed by atoms with Gasteiger partial charge < -0.3 is 10.2 Å². The Kier molecular flexibility index (Phi) is 5.32. The van der Waals surface area contributed by atoms with Crippen LogP contribution in [0.5, 0.6) is 0 Å². The third-order valence-corrected chi connectivity index (χ3v) is 3.38. The fourth-order valence-electron chi connectivity index (χ4n) is 2.26. The van der Waals surface area contributed by atoms with Crippen molar-refractivity contribution in [2.75, 3.05) is 13.1 Å². The highest BCUT2D eigenvalue weighted by Crippen LogP contribution is 2.16. The lowest BCUT2D eigenvalue weighted by Crippen LogP contribution is -2.56. The molecule has 0 saturated carbocycles. The first-order valence-corrected chi connectivity index (χ1v) is 6.29. The lowest BCUT2D eigenvalue weighted by atomic mass is 10.1. The Morgan fingerprint density at radius 2 is 2.11 bits per heavy atom. The third kappa shape index (κ3) is 3.45. The fourth-order valence-corrected chi connectivity index (χ4v) is 2.26. The van der Waals surface area contributed by atoms with Gasteiger partial charge in [-0.25, -0.2) is 4.39 Å². The molecule has 1 heterocycles. The molecule has 1 aliphatic rings. The molecule has 1 aromatic rings. The maximum Gasteiger partial charge on any atom is 0.257 e. The first kappa shape index (κ1) is 15.9. The van der Waals surface area contributed by atoms with Gasteiger partial charge in [-0.2, -0.15) is 0 Å². The normalized spacial score (nSPS) is 22.8. The van der Waals surface area contributed by atoms with Crippen LogP contribution in [0.25, 0.3) is 0 Å². The number of carbonyl (C=O) groups excluding carboxylic acids is 1. The van der Waals surface area contributed by atoms with Crippen LogP contribution in [-0.2, 0) is 0 Å². The van der Waals surface area contributed by atoms with E-state index >= 15 is 0 Å². The molecule has 1 saturated heterocycles. The molecule has 1 amide bonds. The lowest BCUT2D eigenvalue weighted by molar-refractivity contribution is 0.0611. The van der Waals surface area contributed by atoms with Crippen LogP contribution in [0.2, 0.25) is 0 Å². The number of hydrogen-bond donors (Lipinski definition) is 1. The highest BCUT2D eigenvalue weighted by Gasteiger charge is 2.28. The SMILES string of the molecule is Cc1ccc(F)c(C(=O)N2CC(C)NCC2C)c1.Cl. The van der Waals surface area contributed by atoms with E-state index in [0.29, 0.717) is 6.54 Å². The molecule has 5 heteroatoms. The molecular formula is C14H20ClFN2O. The van der Waals surface area contributed by atoms with Crippen molar-refractivity contribution in [3.8, 4) is 0 Å². The van der Waals surface area contributed by atoms with Crippen molar-refractivity contribution in [3.63, 3.8) is 0 Å². The Balaban J connectivity index is 0.00000180. The van der Waals surface area contributed by atoms with Gasteiger partial charge in [0.25, 0.3) is 5.91 Å². The molecule has 1 N–H and O–H groups in total. The quantitative estimate of drug-likeness (QED) is 0.860. The summed E-state index contributed by atoms with van der Waals surface area (Å²) in [4.78, 5) is 14.1. The zero-order valence-electron chi connectivity index (χ0n) is 11.4. The minimum Gasteiger partial charge on any atom is -0.333 e. The topological polar surface area (TPSA) is 32.3 Å². The van der Waals surface area contributed by atoms with Crippen molar-refractivity contribution in [1.29, 1.82) is 0 Å². The van der Waals surface area contributed by atoms with Gasteiger partial charge in [0.1, 0.15) is 5.82 Å². The summed E-state index contributed by atoms with van der Waals surface area (Å²) in [6.07, 6.45) is 0. The molecule has 2 unspecified atom stereocenters. The second-order valence-electron chi connectivity index (χ2n) is 5.10. The van der Waals surface area contributed by atoms with E-state index in [4.69, 9.17) is 0 Å². The molecule has 1 fully saturated rings. The number of rotatable bonds is 1. The molecule has 0 aromatic heterocycles. The summed E-state index contributed by atoms with van der Waals surface area (Å²) in [5, 5.41) is 3.31. The van der Waals surface area contributed by atoms with E-state index in [1.807, 2.05) is 20.8 Å². The monoisotopic (exact) mass is 286 g/mol. The zero-order chi connectivity index (χ0) is 13.3. The summed E-state index contributed by atoms with van der Waals surface area (Å²) < 4.78 is 13.7. The number of halogens is 2. The van der Waals surface area contributed by atoms with Crippen molar-refractivity contribution in [1.82, 2.24) is 10.2 Å². The first-order valence-electron chi connectivity index (χ1n) is 6.29. The highest BCUT2D eigenvalue weighted by atomic mass is 35.5. The number of nitrogens with zero attached hydrogens (tertiary/aromatic N) is 1. The Bertz CT molecular complexity index is 467. The summed E-state index contributed by atoms with van der Waals surface area (Å²) in [5.74, 6) is -0.652. The van der Waals surface area contributed by atoms with Crippen molar-refractivity contribution < 1.29 is 9.18 Å². The fraction of sp³-hybridized carbons (Fsp3) is 0.500. The zero-order valence-corrected chi connectivity index (χ0v) is 12.3. The largest absolute Gasteiger partial charge is 0.333 e. The van der Waals surface area contributed by atoms with E-state index in [-0.39, 0.29) is 36.0 Å². The van der Waals surface area contributed by atoms with Gasteiger partial charge in [-0.3, -0.25) is 4.79 Å². The van der Waals surface area contributed by atoms with Gasteiger partial charge in [0.05, 0.1) is 5.56 Å². The van der Waals surface area contributed by atoms with Gasteiger partial charge in [-0.05, 0) is 32.9 Å². The molecule has 0 bridgehead atoms. The summed E-state index contributed by atoms with van der Waals surface area (Å²) in [6.45, 7) is 7.23. The highest BCUT2D eigenvalue weighted by molar-refractivity contribution is 5.95. The van der Waals surface area contributed by atoms with Crippen LogP contribution in [0.15, 0.2) is 18.2 Å². The van der Waals surface area contributed by atoms with Crippen LogP contribution >= 0.6 is 12.4 Å². The Labute approximate surface area is 119 Å². The van der Waals surface area contributed by atoms with Crippen molar-refractivity contribution in [2.24, 2.45) is 0 Å². The van der Waals surface area contributed by atoms with Gasteiger partial charge >= 0.3 is 0 Å². The molecule has 2 atom stereocenters. The average molecular weight is 287 g/mol. The molecule has 2 rings (SSSR count). The molecule has 1 aromatic carbocycles. The minimum absolute atomic E-state index is 0. The summed E-state index contributed by atoms with van der Waals surface area (Å²) in [6, 6.07) is 5.00. The molecular weight excluding hydrogens is 267 g/mol. The summed E-state index contributed by atoms with van der Waals surface area (Å²) in [5.41, 5.74) is 1.08. The first-order chi connectivity index (χ1) is 8.49. The lowest BCUT2D eigenvalue weighted by Gasteiger charge is -2.37. The predicted octanol–water partition coefficient (Wildman–Crippen LogP) is 2.38. The second kappa shape index (κ2) is 6.35. The molecule has 0 radical (unpaired) electrons. The number of nitrogens with one attached hydrogen (secondary N) is 1. The Morgan fingerprint density at radius 1 is 1.42 bits per heavy atom. The van der Waals surface area contributed by atoms with Crippen molar-refractivity contribution >= 4 is 18.3 Å². The van der Waals surface area contributed by atoms with E-state index in [1.54, 1.807) is 17.0 Å². The van der Waals surface area contributed by atoms with E-state index in [2.05, 4.69) is 5.32 Å². The molecule has 0 spiro atoms. The molecule has 0 aliphatic carbocycles. The van der Waals surface area contributed by atoms with E-state index < -0.39 is 5.82 Å². The Morgan fingerprint density at radius 3 is 2.79 bits per heavy atom. The standard InChI is InChI=1S/C14H19FN2O.ClH/c1-9-4-5-13(15)12(6-9)14(18)17-8-10(2)16-7-11(17)3;/h4-6,10-11,16H,7-8H2,1-3H3;1H. The number of benzene rings is 1. The third-order valence-electron chi connectivity index (χ3n) is 3.38. The summed E-state index contributed by atoms with van der Waals surface area (Å²) in [7, 11) is 0. The maximum atomic E-state index is 13.7. The van der Waals surface area contributed by atoms with Crippen LogP contribution < -0.4 is 5.32 Å². The average Bonchev–Trinajstić information content (AvgIpc) is 2.34. The van der Waals surface area contributed by atoms with Gasteiger partial charge in [0.15, 0.2) is 0 Å². The molecule has 3 nitrogen and oxygen atoms in total. The van der Waals surface area contributed by atoms with Crippen LogP contribution in [0.3, 0.4) is 0 Å². The smallest absolute Gasteiger partial charge is 0.257 e. The van der Waals surface area contributed by atoms with E-state index in [9.17, 15) is 9.18 Å². The van der Waals surface area contributed by atoms with Crippen LogP contribution in [0.1, 0.15) is 29.8 Å². The second-order valence-corrected chi connectivity index (χ2v) is 5.10. The van der Waals surface area contributed by atoms with Gasteiger partial charge in [0, 0.05) is 25.2 Å². The maximum absolute atomic E-state index is 13.7. The van der Waals surface area contributed by atoms with Crippen LogP contribution in [-0.4, -0.2) is 36.0 Å². The number of piperazine rings is 1.